The summed E-state index contributed by atoms with van der Waals surface area (Å²) in [5.41, 5.74) is 0. The monoisotopic (exact) mass is 330 g/mol. The van der Waals surface area contributed by atoms with E-state index < -0.39 is 0 Å². The second-order valence-electron chi connectivity index (χ2n) is 4.43. The van der Waals surface area contributed by atoms with E-state index in [1.54, 1.807) is 6.07 Å². The van der Waals surface area contributed by atoms with Gasteiger partial charge in [-0.15, -0.1) is 11.3 Å². The first-order chi connectivity index (χ1) is 8.63. The number of carbonyl (C=O) groups excluding carboxylic acids is 2. The Bertz CT molecular complexity index is 398. The third-order valence-corrected chi connectivity index (χ3v) is 4.49. The van der Waals surface area contributed by atoms with E-state index in [2.05, 4.69) is 22.9 Å². The minimum atomic E-state index is -0.0516. The largest absolute Gasteiger partial charge is 0.299 e. The number of thiophene rings is 1. The fourth-order valence-corrected chi connectivity index (χ4v) is 3.11. The molecule has 0 unspecified atom stereocenters. The van der Waals surface area contributed by atoms with Crippen molar-refractivity contribution in [3.63, 3.8) is 0 Å². The van der Waals surface area contributed by atoms with Crippen molar-refractivity contribution < 1.29 is 9.59 Å². The summed E-state index contributed by atoms with van der Waals surface area (Å²) in [5, 5.41) is 1.86. The van der Waals surface area contributed by atoms with Crippen LogP contribution in [-0.4, -0.2) is 11.6 Å². The lowest BCUT2D eigenvalue weighted by molar-refractivity contribution is -0.118. The van der Waals surface area contributed by atoms with Crippen molar-refractivity contribution in [1.29, 1.82) is 0 Å². The summed E-state index contributed by atoms with van der Waals surface area (Å²) in [4.78, 5) is 24.1. The maximum atomic E-state index is 11.8. The highest BCUT2D eigenvalue weighted by molar-refractivity contribution is 9.10. The predicted octanol–water partition coefficient (Wildman–Crippen LogP) is 5.01. The highest BCUT2D eigenvalue weighted by Gasteiger charge is 2.13. The molecule has 0 aliphatic heterocycles. The maximum Gasteiger partial charge on any atom is 0.180 e. The van der Waals surface area contributed by atoms with Gasteiger partial charge >= 0.3 is 0 Å². The third-order valence-electron chi connectivity index (χ3n) is 2.76. The van der Waals surface area contributed by atoms with Gasteiger partial charge in [0.1, 0.15) is 5.78 Å². The van der Waals surface area contributed by atoms with Crippen LogP contribution in [0.1, 0.15) is 61.5 Å². The molecule has 1 aromatic heterocycles. The van der Waals surface area contributed by atoms with E-state index in [0.717, 1.165) is 17.3 Å². The van der Waals surface area contributed by atoms with E-state index in [1.165, 1.54) is 30.6 Å². The average molecular weight is 331 g/mol. The Hall–Kier alpha value is -0.480. The van der Waals surface area contributed by atoms with Crippen LogP contribution in [-0.2, 0) is 4.79 Å². The molecule has 0 saturated carbocycles. The topological polar surface area (TPSA) is 34.1 Å². The zero-order valence-electron chi connectivity index (χ0n) is 10.7. The molecular weight excluding hydrogens is 312 g/mol. The van der Waals surface area contributed by atoms with Crippen LogP contribution in [0.3, 0.4) is 0 Å². The number of Topliss-reactive ketones (excluding diaryl/α,β-unsaturated/α-hetero) is 2. The zero-order valence-corrected chi connectivity index (χ0v) is 13.1. The Balaban J connectivity index is 2.22. The number of ketones is 2. The average Bonchev–Trinajstić information content (AvgIpc) is 2.75. The molecule has 0 radical (unpaired) electrons. The van der Waals surface area contributed by atoms with Crippen molar-refractivity contribution in [2.45, 2.75) is 51.9 Å². The van der Waals surface area contributed by atoms with Gasteiger partial charge in [-0.1, -0.05) is 32.6 Å². The summed E-state index contributed by atoms with van der Waals surface area (Å²) in [6, 6.07) is 1.78. The molecular formula is C14H19BrO2S. The highest BCUT2D eigenvalue weighted by Crippen LogP contribution is 2.21. The molecule has 0 atom stereocenters. The van der Waals surface area contributed by atoms with Gasteiger partial charge in [-0.25, -0.2) is 0 Å². The number of hydrogen-bond donors (Lipinski definition) is 0. The van der Waals surface area contributed by atoms with Crippen molar-refractivity contribution in [2.24, 2.45) is 0 Å². The molecule has 0 aliphatic rings. The molecule has 1 rings (SSSR count). The van der Waals surface area contributed by atoms with Crippen LogP contribution in [0.4, 0.5) is 0 Å². The number of carbonyl (C=O) groups is 2. The summed E-state index contributed by atoms with van der Waals surface area (Å²) < 4.78 is 0.905. The Morgan fingerprint density at radius 2 is 1.94 bits per heavy atom. The third kappa shape index (κ3) is 5.91. The van der Waals surface area contributed by atoms with Gasteiger partial charge in [0.2, 0.25) is 0 Å². The molecule has 0 aromatic carbocycles. The highest BCUT2D eigenvalue weighted by atomic mass is 79.9. The number of unbranched alkanes of at least 4 members (excludes halogenated alkanes) is 4. The van der Waals surface area contributed by atoms with Crippen LogP contribution < -0.4 is 0 Å². The molecule has 0 fully saturated rings. The lowest BCUT2D eigenvalue weighted by Crippen LogP contribution is -2.06. The Kier molecular flexibility index (Phi) is 7.44. The number of hydrogen-bond acceptors (Lipinski definition) is 3. The molecule has 1 aromatic rings. The maximum absolute atomic E-state index is 11.8. The summed E-state index contributed by atoms with van der Waals surface area (Å²) in [7, 11) is 0. The van der Waals surface area contributed by atoms with Crippen molar-refractivity contribution in [1.82, 2.24) is 0 Å². The molecule has 0 saturated heterocycles. The van der Waals surface area contributed by atoms with Gasteiger partial charge in [-0.05, 0) is 28.4 Å². The van der Waals surface area contributed by atoms with E-state index in [4.69, 9.17) is 0 Å². The molecule has 0 amide bonds. The van der Waals surface area contributed by atoms with Gasteiger partial charge in [0.25, 0.3) is 0 Å². The summed E-state index contributed by atoms with van der Waals surface area (Å²) in [5.74, 6) is 0.0188. The molecule has 100 valence electrons. The Morgan fingerprint density at radius 1 is 1.22 bits per heavy atom. The Morgan fingerprint density at radius 3 is 2.56 bits per heavy atom. The quantitative estimate of drug-likeness (QED) is 0.362. The van der Waals surface area contributed by atoms with Gasteiger partial charge in [-0.2, -0.15) is 0 Å². The van der Waals surface area contributed by atoms with Crippen molar-refractivity contribution in [3.8, 4) is 0 Å². The van der Waals surface area contributed by atoms with E-state index in [1.807, 2.05) is 5.38 Å². The smallest absolute Gasteiger partial charge is 0.180 e. The minimum absolute atomic E-state index is 0.0516. The minimum Gasteiger partial charge on any atom is -0.299 e. The van der Waals surface area contributed by atoms with Crippen LogP contribution >= 0.6 is 27.3 Å². The molecule has 1 heterocycles. The van der Waals surface area contributed by atoms with E-state index in [-0.39, 0.29) is 18.0 Å². The summed E-state index contributed by atoms with van der Waals surface area (Å²) >= 11 is 4.69. The van der Waals surface area contributed by atoms with E-state index in [0.29, 0.717) is 11.3 Å². The molecule has 2 nitrogen and oxygen atoms in total. The number of rotatable bonds is 9. The van der Waals surface area contributed by atoms with Crippen LogP contribution in [0.5, 0.6) is 0 Å². The van der Waals surface area contributed by atoms with Gasteiger partial charge < -0.3 is 0 Å². The van der Waals surface area contributed by atoms with Gasteiger partial charge in [-0.3, -0.25) is 9.59 Å². The first-order valence-electron chi connectivity index (χ1n) is 6.42. The molecule has 0 aliphatic carbocycles. The molecule has 0 bridgehead atoms. The van der Waals surface area contributed by atoms with Crippen LogP contribution in [0.25, 0.3) is 0 Å². The molecule has 4 heteroatoms. The molecule has 0 N–H and O–H groups in total. The number of halogens is 1. The van der Waals surface area contributed by atoms with Gasteiger partial charge in [0.15, 0.2) is 5.78 Å². The fourth-order valence-electron chi connectivity index (χ4n) is 1.74. The van der Waals surface area contributed by atoms with Crippen LogP contribution in [0.15, 0.2) is 15.9 Å². The molecule has 0 spiro atoms. The lowest BCUT2D eigenvalue weighted by atomic mass is 10.1. The normalized spacial score (nSPS) is 10.6. The predicted molar refractivity (Wildman–Crippen MR) is 79.3 cm³/mol. The standard InChI is InChI=1S/C14H19BrO2S/c1-2-3-4-5-6-7-12(16)9-13(17)14-8-11(15)10-18-14/h8,10H,2-7,9H2,1H3. The first-order valence-corrected chi connectivity index (χ1v) is 8.09. The van der Waals surface area contributed by atoms with E-state index >= 15 is 0 Å². The second-order valence-corrected chi connectivity index (χ2v) is 6.26. The zero-order chi connectivity index (χ0) is 13.4. The molecule has 18 heavy (non-hydrogen) atoms. The van der Waals surface area contributed by atoms with Gasteiger partial charge in [0.05, 0.1) is 11.3 Å². The Labute approximate surface area is 121 Å². The first kappa shape index (κ1) is 15.6. The van der Waals surface area contributed by atoms with Crippen LogP contribution in [0, 0.1) is 0 Å². The summed E-state index contributed by atoms with van der Waals surface area (Å²) in [6.45, 7) is 2.17. The fraction of sp³-hybridized carbons (Fsp3) is 0.571. The summed E-state index contributed by atoms with van der Waals surface area (Å²) in [6.07, 6.45) is 6.24. The van der Waals surface area contributed by atoms with Crippen molar-refractivity contribution in [3.05, 3.63) is 20.8 Å². The van der Waals surface area contributed by atoms with Crippen molar-refractivity contribution >= 4 is 38.8 Å². The second kappa shape index (κ2) is 8.59. The van der Waals surface area contributed by atoms with Crippen LogP contribution in [0.2, 0.25) is 0 Å². The van der Waals surface area contributed by atoms with Crippen molar-refractivity contribution in [2.75, 3.05) is 0 Å². The SMILES string of the molecule is CCCCCCCC(=O)CC(=O)c1cc(Br)cs1. The lowest BCUT2D eigenvalue weighted by Gasteiger charge is -2.00. The van der Waals surface area contributed by atoms with Gasteiger partial charge in [0, 0.05) is 16.3 Å². The van der Waals surface area contributed by atoms with E-state index in [9.17, 15) is 9.59 Å².